The first kappa shape index (κ1) is 20.4. The van der Waals surface area contributed by atoms with Gasteiger partial charge < -0.3 is 19.5 Å². The number of benzene rings is 2. The molecule has 2 aromatic rings. The molecule has 1 heterocycles. The Morgan fingerprint density at radius 2 is 1.93 bits per heavy atom. The molecule has 1 aliphatic heterocycles. The van der Waals surface area contributed by atoms with Gasteiger partial charge in [-0.25, -0.2) is 0 Å². The van der Waals surface area contributed by atoms with Gasteiger partial charge in [-0.15, -0.1) is 6.58 Å². The maximum absolute atomic E-state index is 6.31. The molecule has 4 heteroatoms. The van der Waals surface area contributed by atoms with Crippen LogP contribution in [0.15, 0.2) is 61.2 Å². The van der Waals surface area contributed by atoms with Gasteiger partial charge in [0.2, 0.25) is 0 Å². The van der Waals surface area contributed by atoms with Crippen LogP contribution in [0.5, 0.6) is 5.75 Å². The molecule has 1 N–H and O–H groups in total. The molecule has 0 fully saturated rings. The fraction of sp³-hybridized carbons (Fsp3) is 0.417. The van der Waals surface area contributed by atoms with E-state index in [0.717, 1.165) is 23.5 Å². The van der Waals surface area contributed by atoms with Gasteiger partial charge >= 0.3 is 0 Å². The van der Waals surface area contributed by atoms with Gasteiger partial charge in [0.05, 0.1) is 12.7 Å². The summed E-state index contributed by atoms with van der Waals surface area (Å²) in [6, 6.07) is 16.5. The zero-order valence-corrected chi connectivity index (χ0v) is 17.3. The third-order valence-corrected chi connectivity index (χ3v) is 4.80. The smallest absolute Gasteiger partial charge is 0.132 e. The summed E-state index contributed by atoms with van der Waals surface area (Å²) in [4.78, 5) is 0. The highest BCUT2D eigenvalue weighted by atomic mass is 16.6. The van der Waals surface area contributed by atoms with Crippen molar-refractivity contribution < 1.29 is 14.2 Å². The van der Waals surface area contributed by atoms with E-state index in [9.17, 15) is 0 Å². The monoisotopic (exact) mass is 381 g/mol. The maximum atomic E-state index is 6.31. The lowest BCUT2D eigenvalue weighted by Crippen LogP contribution is -2.51. The number of fused-ring (bicyclic) bond motifs is 1. The summed E-state index contributed by atoms with van der Waals surface area (Å²) in [5.41, 5.74) is 2.78. The lowest BCUT2D eigenvalue weighted by atomic mass is 9.87. The van der Waals surface area contributed by atoms with Crippen molar-refractivity contribution in [1.82, 2.24) is 0 Å². The fourth-order valence-electron chi connectivity index (χ4n) is 3.54. The Morgan fingerprint density at radius 3 is 2.61 bits per heavy atom. The highest BCUT2D eigenvalue weighted by Gasteiger charge is 2.45. The molecule has 3 rings (SSSR count). The van der Waals surface area contributed by atoms with Crippen molar-refractivity contribution in [2.24, 2.45) is 0 Å². The molecule has 0 saturated heterocycles. The Hall–Kier alpha value is -2.30. The molecular formula is C24H31NO3. The minimum Gasteiger partial charge on any atom is -0.485 e. The van der Waals surface area contributed by atoms with Crippen molar-refractivity contribution in [3.63, 3.8) is 0 Å². The summed E-state index contributed by atoms with van der Waals surface area (Å²) in [6.45, 7) is 13.2. The van der Waals surface area contributed by atoms with E-state index in [2.05, 4.69) is 36.2 Å². The predicted molar refractivity (Wildman–Crippen MR) is 114 cm³/mol. The molecular weight excluding hydrogens is 350 g/mol. The van der Waals surface area contributed by atoms with Crippen LogP contribution in [0.3, 0.4) is 0 Å². The molecule has 28 heavy (non-hydrogen) atoms. The second kappa shape index (κ2) is 8.80. The number of hydrogen-bond acceptors (Lipinski definition) is 4. The van der Waals surface area contributed by atoms with E-state index in [4.69, 9.17) is 14.2 Å². The van der Waals surface area contributed by atoms with Crippen LogP contribution in [0.2, 0.25) is 0 Å². The van der Waals surface area contributed by atoms with Gasteiger partial charge in [-0.2, -0.15) is 0 Å². The fourth-order valence-corrected chi connectivity index (χ4v) is 3.54. The van der Waals surface area contributed by atoms with Gasteiger partial charge in [0.15, 0.2) is 0 Å². The molecule has 0 radical (unpaired) electrons. The molecule has 1 aliphatic rings. The quantitative estimate of drug-likeness (QED) is 0.612. The molecule has 2 atom stereocenters. The van der Waals surface area contributed by atoms with Crippen molar-refractivity contribution in [3.8, 4) is 5.75 Å². The van der Waals surface area contributed by atoms with E-state index in [1.807, 2.05) is 52.0 Å². The average Bonchev–Trinajstić information content (AvgIpc) is 2.66. The van der Waals surface area contributed by atoms with Gasteiger partial charge in [-0.1, -0.05) is 36.4 Å². The molecule has 4 nitrogen and oxygen atoms in total. The molecule has 0 bridgehead atoms. The summed E-state index contributed by atoms with van der Waals surface area (Å²) in [5.74, 6) is 0.847. The first-order chi connectivity index (χ1) is 13.4. The van der Waals surface area contributed by atoms with Crippen molar-refractivity contribution in [3.05, 3.63) is 72.3 Å². The largest absolute Gasteiger partial charge is 0.485 e. The van der Waals surface area contributed by atoms with Crippen LogP contribution >= 0.6 is 0 Å². The first-order valence-corrected chi connectivity index (χ1v) is 9.89. The van der Waals surface area contributed by atoms with Gasteiger partial charge in [0, 0.05) is 17.8 Å². The summed E-state index contributed by atoms with van der Waals surface area (Å²) in [5, 5.41) is 3.50. The number of ether oxygens (including phenoxy) is 3. The lowest BCUT2D eigenvalue weighted by Gasteiger charge is -2.44. The van der Waals surface area contributed by atoms with Gasteiger partial charge in [0.1, 0.15) is 23.6 Å². The van der Waals surface area contributed by atoms with Crippen molar-refractivity contribution in [2.75, 3.05) is 11.9 Å². The van der Waals surface area contributed by atoms with E-state index in [-0.39, 0.29) is 18.3 Å². The van der Waals surface area contributed by atoms with E-state index in [1.54, 1.807) is 6.08 Å². The van der Waals surface area contributed by atoms with Crippen LogP contribution in [0.1, 0.15) is 44.9 Å². The topological polar surface area (TPSA) is 39.7 Å². The third-order valence-electron chi connectivity index (χ3n) is 4.80. The lowest BCUT2D eigenvalue weighted by molar-refractivity contribution is -0.168. The number of hydrogen-bond donors (Lipinski definition) is 1. The Bertz CT molecular complexity index is 786. The zero-order valence-electron chi connectivity index (χ0n) is 17.3. The number of nitrogens with one attached hydrogen (secondary N) is 1. The Labute approximate surface area is 168 Å². The van der Waals surface area contributed by atoms with Crippen molar-refractivity contribution >= 4 is 5.69 Å². The maximum Gasteiger partial charge on any atom is 0.132 e. The molecule has 0 amide bonds. The van der Waals surface area contributed by atoms with Gasteiger partial charge in [-0.3, -0.25) is 0 Å². The molecule has 0 saturated carbocycles. The first-order valence-electron chi connectivity index (χ1n) is 9.89. The SMILES string of the molecule is C=CCOC1C(OC(C)C)c2cc(NCc3ccccc3)ccc2OC1(C)C. The summed E-state index contributed by atoms with van der Waals surface area (Å²) in [6.07, 6.45) is 1.39. The number of anilines is 1. The second-order valence-electron chi connectivity index (χ2n) is 7.95. The summed E-state index contributed by atoms with van der Waals surface area (Å²) >= 11 is 0. The van der Waals surface area contributed by atoms with E-state index < -0.39 is 5.60 Å². The van der Waals surface area contributed by atoms with Crippen LogP contribution in [0.4, 0.5) is 5.69 Å². The van der Waals surface area contributed by atoms with E-state index >= 15 is 0 Å². The molecule has 2 unspecified atom stereocenters. The normalized spacial score (nSPS) is 20.3. The van der Waals surface area contributed by atoms with Crippen LogP contribution in [0.25, 0.3) is 0 Å². The molecule has 0 aromatic heterocycles. The Kier molecular flexibility index (Phi) is 6.42. The number of rotatable bonds is 8. The standard InChI is InChI=1S/C24H31NO3/c1-6-14-26-23-22(27-17(2)3)20-15-19(12-13-21(20)28-24(23,4)5)25-16-18-10-8-7-9-11-18/h6-13,15,17,22-23,25H,1,14,16H2,2-5H3. The minimum absolute atomic E-state index is 0.0718. The van der Waals surface area contributed by atoms with E-state index in [0.29, 0.717) is 6.61 Å². The van der Waals surface area contributed by atoms with Crippen LogP contribution in [-0.2, 0) is 16.0 Å². The Morgan fingerprint density at radius 1 is 1.18 bits per heavy atom. The highest BCUT2D eigenvalue weighted by Crippen LogP contribution is 2.44. The van der Waals surface area contributed by atoms with E-state index in [1.165, 1.54) is 5.56 Å². The van der Waals surface area contributed by atoms with Crippen LogP contribution in [0, 0.1) is 0 Å². The second-order valence-corrected chi connectivity index (χ2v) is 7.95. The van der Waals surface area contributed by atoms with Crippen molar-refractivity contribution in [2.45, 2.75) is 58.2 Å². The zero-order chi connectivity index (χ0) is 20.1. The molecule has 0 spiro atoms. The van der Waals surface area contributed by atoms with Crippen LogP contribution < -0.4 is 10.1 Å². The summed E-state index contributed by atoms with van der Waals surface area (Å²) in [7, 11) is 0. The van der Waals surface area contributed by atoms with Crippen molar-refractivity contribution in [1.29, 1.82) is 0 Å². The summed E-state index contributed by atoms with van der Waals surface area (Å²) < 4.78 is 18.7. The molecule has 2 aromatic carbocycles. The van der Waals surface area contributed by atoms with Crippen LogP contribution in [-0.4, -0.2) is 24.4 Å². The molecule has 0 aliphatic carbocycles. The van der Waals surface area contributed by atoms with Gasteiger partial charge in [-0.05, 0) is 51.5 Å². The third kappa shape index (κ3) is 4.75. The van der Waals surface area contributed by atoms with Gasteiger partial charge in [0.25, 0.3) is 0 Å². The predicted octanol–water partition coefficient (Wildman–Crippen LogP) is 5.51. The highest BCUT2D eigenvalue weighted by molar-refractivity contribution is 5.53. The average molecular weight is 382 g/mol. The minimum atomic E-state index is -0.505. The molecule has 150 valence electrons. The Balaban J connectivity index is 1.88.